The minimum atomic E-state index is -0.900. The van der Waals surface area contributed by atoms with Gasteiger partial charge in [-0.05, 0) is 11.8 Å². The van der Waals surface area contributed by atoms with Gasteiger partial charge in [0.15, 0.2) is 0 Å². The van der Waals surface area contributed by atoms with Gasteiger partial charge in [-0.3, -0.25) is 9.89 Å². The van der Waals surface area contributed by atoms with Gasteiger partial charge in [-0.2, -0.15) is 5.10 Å². The molecular formula is C13H23N5O3. The predicted molar refractivity (Wildman–Crippen MR) is 76.4 cm³/mol. The molecule has 0 saturated heterocycles. The second-order valence-electron chi connectivity index (χ2n) is 6.27. The fourth-order valence-corrected chi connectivity index (χ4v) is 1.93. The quantitative estimate of drug-likeness (QED) is 0.727. The van der Waals surface area contributed by atoms with E-state index in [0.717, 1.165) is 0 Å². The number of carbonyl (C=O) groups is 2. The minimum Gasteiger partial charge on any atom is -0.481 e. The highest BCUT2D eigenvalue weighted by molar-refractivity contribution is 5.75. The van der Waals surface area contributed by atoms with E-state index in [-0.39, 0.29) is 24.5 Å². The monoisotopic (exact) mass is 297 g/mol. The summed E-state index contributed by atoms with van der Waals surface area (Å²) in [4.78, 5) is 28.5. The number of hydrogen-bond acceptors (Lipinski definition) is 4. The van der Waals surface area contributed by atoms with Gasteiger partial charge in [-0.15, -0.1) is 0 Å². The van der Waals surface area contributed by atoms with Crippen LogP contribution in [0.15, 0.2) is 6.33 Å². The van der Waals surface area contributed by atoms with Crippen molar-refractivity contribution in [3.63, 3.8) is 0 Å². The van der Waals surface area contributed by atoms with Gasteiger partial charge >= 0.3 is 12.0 Å². The van der Waals surface area contributed by atoms with Crippen LogP contribution in [-0.2, 0) is 11.3 Å². The van der Waals surface area contributed by atoms with Crippen molar-refractivity contribution in [2.24, 2.45) is 11.3 Å². The molecule has 21 heavy (non-hydrogen) atoms. The summed E-state index contributed by atoms with van der Waals surface area (Å²) < 4.78 is 0. The summed E-state index contributed by atoms with van der Waals surface area (Å²) in [5.41, 5.74) is -0.112. The number of aliphatic carboxylic acids is 1. The molecule has 0 aliphatic carbocycles. The van der Waals surface area contributed by atoms with Crippen molar-refractivity contribution in [3.8, 4) is 0 Å². The Morgan fingerprint density at radius 3 is 2.62 bits per heavy atom. The van der Waals surface area contributed by atoms with Crippen molar-refractivity contribution in [1.29, 1.82) is 0 Å². The first-order valence-corrected chi connectivity index (χ1v) is 6.75. The van der Waals surface area contributed by atoms with E-state index in [9.17, 15) is 14.7 Å². The van der Waals surface area contributed by atoms with E-state index in [2.05, 4.69) is 20.5 Å². The van der Waals surface area contributed by atoms with Crippen molar-refractivity contribution in [2.75, 3.05) is 13.6 Å². The number of nitrogens with one attached hydrogen (secondary N) is 2. The van der Waals surface area contributed by atoms with Gasteiger partial charge in [0.2, 0.25) is 0 Å². The van der Waals surface area contributed by atoms with E-state index < -0.39 is 11.9 Å². The Bertz CT molecular complexity index is 467. The van der Waals surface area contributed by atoms with Crippen LogP contribution in [0.5, 0.6) is 0 Å². The van der Waals surface area contributed by atoms with Gasteiger partial charge in [-0.25, -0.2) is 9.78 Å². The Morgan fingerprint density at radius 2 is 2.14 bits per heavy atom. The lowest BCUT2D eigenvalue weighted by Gasteiger charge is -2.24. The number of carbonyl (C=O) groups excluding carboxylic acids is 1. The first-order chi connectivity index (χ1) is 9.69. The van der Waals surface area contributed by atoms with E-state index in [0.29, 0.717) is 12.2 Å². The summed E-state index contributed by atoms with van der Waals surface area (Å²) >= 11 is 0. The van der Waals surface area contributed by atoms with Crippen LogP contribution in [0.25, 0.3) is 0 Å². The molecule has 0 spiro atoms. The van der Waals surface area contributed by atoms with Crippen molar-refractivity contribution < 1.29 is 14.7 Å². The van der Waals surface area contributed by atoms with E-state index in [1.54, 1.807) is 7.05 Å². The molecule has 0 aromatic carbocycles. The second-order valence-corrected chi connectivity index (χ2v) is 6.27. The molecule has 2 amide bonds. The Morgan fingerprint density at radius 1 is 1.48 bits per heavy atom. The number of nitrogens with zero attached hydrogens (tertiary/aromatic N) is 3. The third kappa shape index (κ3) is 6.24. The van der Waals surface area contributed by atoms with Crippen LogP contribution in [-0.4, -0.2) is 50.8 Å². The van der Waals surface area contributed by atoms with Crippen molar-refractivity contribution in [3.05, 3.63) is 12.2 Å². The van der Waals surface area contributed by atoms with Crippen LogP contribution in [0.3, 0.4) is 0 Å². The maximum atomic E-state index is 11.9. The zero-order valence-corrected chi connectivity index (χ0v) is 12.9. The van der Waals surface area contributed by atoms with Gasteiger partial charge in [0, 0.05) is 13.6 Å². The average Bonchev–Trinajstić information content (AvgIpc) is 2.85. The van der Waals surface area contributed by atoms with Gasteiger partial charge in [0.25, 0.3) is 0 Å². The van der Waals surface area contributed by atoms with E-state index >= 15 is 0 Å². The molecule has 0 aliphatic heterocycles. The summed E-state index contributed by atoms with van der Waals surface area (Å²) in [6.45, 7) is 6.30. The number of carboxylic acid groups (broad SMARTS) is 1. The molecule has 118 valence electrons. The maximum absolute atomic E-state index is 11.9. The van der Waals surface area contributed by atoms with Crippen molar-refractivity contribution in [2.45, 2.75) is 33.7 Å². The lowest BCUT2D eigenvalue weighted by Crippen LogP contribution is -2.41. The van der Waals surface area contributed by atoms with Gasteiger partial charge in [-0.1, -0.05) is 20.8 Å². The zero-order chi connectivity index (χ0) is 16.0. The van der Waals surface area contributed by atoms with E-state index in [1.807, 2.05) is 20.8 Å². The van der Waals surface area contributed by atoms with Crippen molar-refractivity contribution in [1.82, 2.24) is 25.4 Å². The summed E-state index contributed by atoms with van der Waals surface area (Å²) in [5, 5.41) is 18.2. The molecule has 0 radical (unpaired) electrons. The largest absolute Gasteiger partial charge is 0.481 e. The number of aromatic nitrogens is 3. The lowest BCUT2D eigenvalue weighted by atomic mass is 9.84. The normalized spacial score (nSPS) is 12.8. The number of hydrogen-bond donors (Lipinski definition) is 3. The molecule has 1 aromatic heterocycles. The van der Waals surface area contributed by atoms with Crippen LogP contribution >= 0.6 is 0 Å². The number of aromatic amines is 1. The molecule has 1 aromatic rings. The topological polar surface area (TPSA) is 111 Å². The number of rotatable bonds is 6. The van der Waals surface area contributed by atoms with Gasteiger partial charge in [0.1, 0.15) is 12.2 Å². The molecule has 0 bridgehead atoms. The Hall–Kier alpha value is -2.12. The van der Waals surface area contributed by atoms with E-state index in [4.69, 9.17) is 0 Å². The van der Waals surface area contributed by atoms with E-state index in [1.165, 1.54) is 11.2 Å². The molecular weight excluding hydrogens is 274 g/mol. The SMILES string of the molecule is CN(Cc1ncn[nH]1)C(=O)NCC(CC(C)(C)C)C(=O)O. The second kappa shape index (κ2) is 7.05. The Balaban J connectivity index is 2.47. The highest BCUT2D eigenvalue weighted by Gasteiger charge is 2.25. The van der Waals surface area contributed by atoms with Crippen LogP contribution in [0.2, 0.25) is 0 Å². The summed E-state index contributed by atoms with van der Waals surface area (Å²) in [5.74, 6) is -0.937. The minimum absolute atomic E-state index is 0.103. The molecule has 0 fully saturated rings. The van der Waals surface area contributed by atoms with Crippen LogP contribution < -0.4 is 5.32 Å². The van der Waals surface area contributed by atoms with Crippen LogP contribution in [0, 0.1) is 11.3 Å². The highest BCUT2D eigenvalue weighted by Crippen LogP contribution is 2.24. The number of amides is 2. The molecule has 8 nitrogen and oxygen atoms in total. The molecule has 8 heteroatoms. The summed E-state index contributed by atoms with van der Waals surface area (Å²) in [6.07, 6.45) is 1.86. The van der Waals surface area contributed by atoms with Gasteiger partial charge < -0.3 is 15.3 Å². The molecule has 1 unspecified atom stereocenters. The first-order valence-electron chi connectivity index (χ1n) is 6.75. The fourth-order valence-electron chi connectivity index (χ4n) is 1.93. The van der Waals surface area contributed by atoms with Crippen LogP contribution in [0.1, 0.15) is 33.0 Å². The van der Waals surface area contributed by atoms with Gasteiger partial charge in [0.05, 0.1) is 12.5 Å². The standard InChI is InChI=1S/C13H23N5O3/c1-13(2,3)5-9(11(19)20)6-14-12(21)18(4)7-10-15-8-16-17-10/h8-9H,5-7H2,1-4H3,(H,14,21)(H,19,20)(H,15,16,17). The lowest BCUT2D eigenvalue weighted by molar-refractivity contribution is -0.142. The molecule has 1 heterocycles. The number of carboxylic acids is 1. The van der Waals surface area contributed by atoms with Crippen LogP contribution in [0.4, 0.5) is 4.79 Å². The number of H-pyrrole nitrogens is 1. The molecule has 1 rings (SSSR count). The molecule has 0 saturated carbocycles. The fraction of sp³-hybridized carbons (Fsp3) is 0.692. The summed E-state index contributed by atoms with van der Waals surface area (Å²) in [6, 6.07) is -0.341. The Kier molecular flexibility index (Phi) is 5.69. The van der Waals surface area contributed by atoms with Crippen molar-refractivity contribution >= 4 is 12.0 Å². The average molecular weight is 297 g/mol. The number of urea groups is 1. The zero-order valence-electron chi connectivity index (χ0n) is 12.9. The molecule has 0 aliphatic rings. The summed E-state index contributed by atoms with van der Waals surface area (Å²) in [7, 11) is 1.61. The maximum Gasteiger partial charge on any atom is 0.317 e. The third-order valence-corrected chi connectivity index (χ3v) is 2.91. The molecule has 3 N–H and O–H groups in total. The smallest absolute Gasteiger partial charge is 0.317 e. The highest BCUT2D eigenvalue weighted by atomic mass is 16.4. The Labute approximate surface area is 123 Å². The predicted octanol–water partition coefficient (Wildman–Crippen LogP) is 1.08. The third-order valence-electron chi connectivity index (χ3n) is 2.91. The molecule has 1 atom stereocenters. The first kappa shape index (κ1) is 16.9.